The summed E-state index contributed by atoms with van der Waals surface area (Å²) < 4.78 is 31.6. The summed E-state index contributed by atoms with van der Waals surface area (Å²) in [6, 6.07) is 22.0. The second-order valence-corrected chi connectivity index (χ2v) is 13.5. The molecular weight excluding hydrogens is 673 g/mol. The van der Waals surface area contributed by atoms with Crippen LogP contribution in [0.5, 0.6) is 11.6 Å². The first-order chi connectivity index (χ1) is 23.3. The van der Waals surface area contributed by atoms with Gasteiger partial charge in [-0.05, 0) is 89.0 Å². The molecule has 0 radical (unpaired) electrons. The Morgan fingerprint density at radius 1 is 0.833 bits per heavy atom. The number of hydrogen-bond acceptors (Lipinski definition) is 8. The highest BCUT2D eigenvalue weighted by molar-refractivity contribution is 9.10. The number of alkyl halides is 1. The average Bonchev–Trinajstić information content (AvgIpc) is 3.88. The molecule has 0 bridgehead atoms. The molecule has 10 heteroatoms. The van der Waals surface area contributed by atoms with Crippen molar-refractivity contribution in [1.82, 2.24) is 24.8 Å². The normalized spacial score (nSPS) is 18.2. The van der Waals surface area contributed by atoms with Gasteiger partial charge in [0.25, 0.3) is 0 Å². The Bertz CT molecular complexity index is 1740. The van der Waals surface area contributed by atoms with Gasteiger partial charge in [0.05, 0.1) is 17.0 Å². The van der Waals surface area contributed by atoms with Crippen molar-refractivity contribution >= 4 is 15.9 Å². The van der Waals surface area contributed by atoms with Crippen LogP contribution in [0.25, 0.3) is 22.9 Å². The molecule has 2 aromatic carbocycles. The summed E-state index contributed by atoms with van der Waals surface area (Å²) in [7, 11) is 0. The number of hydrogen-bond donors (Lipinski definition) is 0. The first-order valence-corrected chi connectivity index (χ1v) is 17.6. The van der Waals surface area contributed by atoms with E-state index in [1.54, 1.807) is 6.20 Å². The summed E-state index contributed by atoms with van der Waals surface area (Å²) in [4.78, 5) is 18.4. The molecule has 7 rings (SSSR count). The Morgan fingerprint density at radius 2 is 1.50 bits per heavy atom. The fourth-order valence-corrected chi connectivity index (χ4v) is 6.43. The van der Waals surface area contributed by atoms with E-state index < -0.39 is 6.17 Å². The van der Waals surface area contributed by atoms with Crippen molar-refractivity contribution in [2.45, 2.75) is 65.1 Å². The molecular formula is C38H43BrFN5O3. The Morgan fingerprint density at radius 3 is 2.10 bits per heavy atom. The van der Waals surface area contributed by atoms with Crippen LogP contribution < -0.4 is 4.74 Å². The lowest BCUT2D eigenvalue weighted by Gasteiger charge is -2.20. The molecule has 3 aromatic heterocycles. The van der Waals surface area contributed by atoms with Crippen LogP contribution in [0, 0.1) is 13.8 Å². The first kappa shape index (κ1) is 34.0. The minimum atomic E-state index is -0.665. The molecule has 2 saturated heterocycles. The van der Waals surface area contributed by atoms with Gasteiger partial charge in [0.2, 0.25) is 17.7 Å². The van der Waals surface area contributed by atoms with Gasteiger partial charge in [0, 0.05) is 67.4 Å². The lowest BCUT2D eigenvalue weighted by atomic mass is 10.2. The number of likely N-dealkylation sites (tertiary alicyclic amines) is 2. The molecule has 8 nitrogen and oxygen atoms in total. The van der Waals surface area contributed by atoms with E-state index in [2.05, 4.69) is 42.6 Å². The number of pyridine rings is 1. The van der Waals surface area contributed by atoms with Gasteiger partial charge in [-0.3, -0.25) is 4.90 Å². The van der Waals surface area contributed by atoms with Crippen LogP contribution in [0.1, 0.15) is 49.1 Å². The number of aromatic nitrogens is 3. The Balaban J connectivity index is 0.000000173. The Labute approximate surface area is 290 Å². The van der Waals surface area contributed by atoms with Crippen LogP contribution in [0.3, 0.4) is 0 Å². The number of nitrogens with zero attached hydrogens (tertiary/aromatic N) is 5. The zero-order valence-electron chi connectivity index (χ0n) is 27.9. The van der Waals surface area contributed by atoms with Gasteiger partial charge in [-0.2, -0.15) is 0 Å². The average molecular weight is 717 g/mol. The quantitative estimate of drug-likeness (QED) is 0.142. The smallest absolute Gasteiger partial charge is 0.228 e. The van der Waals surface area contributed by atoms with Crippen LogP contribution in [0.15, 0.2) is 86.2 Å². The van der Waals surface area contributed by atoms with E-state index >= 15 is 0 Å². The lowest BCUT2D eigenvalue weighted by molar-refractivity contribution is 0.271. The van der Waals surface area contributed by atoms with Crippen molar-refractivity contribution in [3.8, 4) is 34.5 Å². The van der Waals surface area contributed by atoms with E-state index in [4.69, 9.17) is 18.6 Å². The summed E-state index contributed by atoms with van der Waals surface area (Å²) >= 11 is 3.42. The van der Waals surface area contributed by atoms with E-state index in [9.17, 15) is 4.39 Å². The van der Waals surface area contributed by atoms with Crippen molar-refractivity contribution in [2.24, 2.45) is 0 Å². The highest BCUT2D eigenvalue weighted by Crippen LogP contribution is 2.27. The molecule has 5 heterocycles. The van der Waals surface area contributed by atoms with Crippen molar-refractivity contribution in [3.05, 3.63) is 100 Å². The SMILES string of the molecule is Cc1oc(-c2ccc(Br)cc2)nc1CCN1CC[C@H](F)C1.Cc1oc(-c2ccc(Oc3ccccc3)nc2)nc1CCN1CCCC1C. The molecule has 48 heavy (non-hydrogen) atoms. The molecule has 2 aliphatic rings. The Kier molecular flexibility index (Phi) is 11.4. The zero-order valence-corrected chi connectivity index (χ0v) is 29.5. The molecule has 252 valence electrons. The van der Waals surface area contributed by atoms with E-state index in [1.165, 1.54) is 19.4 Å². The number of para-hydroxylation sites is 1. The van der Waals surface area contributed by atoms with Gasteiger partial charge >= 0.3 is 0 Å². The molecule has 0 saturated carbocycles. The third-order valence-electron chi connectivity index (χ3n) is 9.03. The topological polar surface area (TPSA) is 80.7 Å². The molecule has 2 atom stereocenters. The number of halogens is 2. The van der Waals surface area contributed by atoms with E-state index in [-0.39, 0.29) is 0 Å². The number of rotatable bonds is 10. The maximum Gasteiger partial charge on any atom is 0.228 e. The summed E-state index contributed by atoms with van der Waals surface area (Å²) in [5, 5.41) is 0. The van der Waals surface area contributed by atoms with Crippen LogP contribution >= 0.6 is 15.9 Å². The van der Waals surface area contributed by atoms with Gasteiger partial charge in [-0.15, -0.1) is 0 Å². The van der Waals surface area contributed by atoms with E-state index in [0.29, 0.717) is 36.7 Å². The number of oxazole rings is 2. The molecule has 0 spiro atoms. The predicted molar refractivity (Wildman–Crippen MR) is 189 cm³/mol. The summed E-state index contributed by atoms with van der Waals surface area (Å²) in [5.74, 6) is 4.33. The maximum atomic E-state index is 13.2. The van der Waals surface area contributed by atoms with E-state index in [0.717, 1.165) is 76.7 Å². The standard InChI is InChI=1S/C22H25N3O2.C16H18BrFN2O/c1-16-7-6-13-25(16)14-12-20-17(2)26-22(24-20)18-10-11-21(23-15-18)27-19-8-4-3-5-9-19;1-11-15(7-9-20-8-6-14(18)10-20)19-16(21-11)12-2-4-13(17)5-3-12/h3-5,8-11,15-16H,6-7,12-14H2,1-2H3;2-5,14H,6-10H2,1H3/t;14-/m.0/s1. The van der Waals surface area contributed by atoms with Gasteiger partial charge in [-0.25, -0.2) is 19.3 Å². The number of aryl methyl sites for hydroxylation is 2. The predicted octanol–water partition coefficient (Wildman–Crippen LogP) is 8.86. The third kappa shape index (κ3) is 8.98. The maximum absolute atomic E-state index is 13.2. The lowest BCUT2D eigenvalue weighted by Crippen LogP contribution is -2.29. The van der Waals surface area contributed by atoms with Gasteiger partial charge < -0.3 is 18.5 Å². The van der Waals surface area contributed by atoms with Gasteiger partial charge in [0.1, 0.15) is 23.4 Å². The molecule has 0 N–H and O–H groups in total. The van der Waals surface area contributed by atoms with Crippen molar-refractivity contribution in [1.29, 1.82) is 0 Å². The number of ether oxygens (including phenoxy) is 1. The fourth-order valence-electron chi connectivity index (χ4n) is 6.16. The van der Waals surface area contributed by atoms with Crippen LogP contribution in [0.2, 0.25) is 0 Å². The summed E-state index contributed by atoms with van der Waals surface area (Å²) in [6.07, 6.45) is 6.06. The minimum absolute atomic E-state index is 0.552. The number of benzene rings is 2. The molecule has 1 unspecified atom stereocenters. The van der Waals surface area contributed by atoms with Crippen molar-refractivity contribution in [3.63, 3.8) is 0 Å². The third-order valence-corrected chi connectivity index (χ3v) is 9.56. The molecule has 0 amide bonds. The molecule has 2 aliphatic heterocycles. The fraction of sp³-hybridized carbons (Fsp3) is 0.395. The second-order valence-electron chi connectivity index (χ2n) is 12.6. The molecule has 2 fully saturated rings. The van der Waals surface area contributed by atoms with Gasteiger partial charge in [0.15, 0.2) is 0 Å². The van der Waals surface area contributed by atoms with Crippen LogP contribution in [-0.4, -0.2) is 69.7 Å². The van der Waals surface area contributed by atoms with Crippen LogP contribution in [-0.2, 0) is 12.8 Å². The highest BCUT2D eigenvalue weighted by Gasteiger charge is 2.23. The monoisotopic (exact) mass is 715 g/mol. The highest BCUT2D eigenvalue weighted by atomic mass is 79.9. The first-order valence-electron chi connectivity index (χ1n) is 16.8. The molecule has 0 aliphatic carbocycles. The zero-order chi connectivity index (χ0) is 33.5. The van der Waals surface area contributed by atoms with Crippen LogP contribution in [0.4, 0.5) is 4.39 Å². The molecule has 5 aromatic rings. The second kappa shape index (κ2) is 16.0. The summed E-state index contributed by atoms with van der Waals surface area (Å²) in [5.41, 5.74) is 3.83. The largest absolute Gasteiger partial charge is 0.441 e. The van der Waals surface area contributed by atoms with Gasteiger partial charge in [-0.1, -0.05) is 34.1 Å². The van der Waals surface area contributed by atoms with Crippen molar-refractivity contribution in [2.75, 3.05) is 32.7 Å². The van der Waals surface area contributed by atoms with Crippen molar-refractivity contribution < 1.29 is 18.0 Å². The van der Waals surface area contributed by atoms with E-state index in [1.807, 2.05) is 80.6 Å². The minimum Gasteiger partial charge on any atom is -0.441 e. The Hall–Kier alpha value is -3.86. The summed E-state index contributed by atoms with van der Waals surface area (Å²) in [6.45, 7) is 10.7.